The molecule has 17 nitrogen and oxygen atoms in total. The molecule has 0 saturated carbocycles. The van der Waals surface area contributed by atoms with Crippen molar-refractivity contribution in [1.29, 1.82) is 0 Å². The van der Waals surface area contributed by atoms with Gasteiger partial charge in [-0.15, -0.1) is 0 Å². The maximum Gasteiger partial charge on any atom is 0.416 e. The number of aromatic nitrogens is 4. The number of hydrogen-bond donors (Lipinski definition) is 1. The Labute approximate surface area is 678 Å². The number of halogens is 22. The standard InChI is InChI=1S/2C20H13BrF5NO3.C20H14F5NO3.C19H13BrF4N2O3/c1-9(28)15-13(22)7-8-14(16(15)23)29-10(2)19-27-18(21)17(30-19)11-3-5-12(6-4-11)20(24,25)26;1-9(28)15-13(22)7-8-14(16(15)23)29-10(2)19-27-17(18(21)30-19)11-3-5-12(6-4-11)20(24,25)26;1-10(27)17-14(21)7-8-16(18(17)22)29-11(2)19-26-15(9-28-19)12-3-5-13(6-4-12)20(23,24)25;1-9(28-13-4-2-3-12(14(13)21)17(25)27)18-26-15(16(20)29-18)10-5-7-11(8-6-10)19(22,23)24/h2*3-8,10H,1-2H3;3-9,11H,1-2H3;2-9H,1H3,(H2,25,27)/t;10-;11-;9-/m.111/s1. The molecule has 12 aromatic rings. The van der Waals surface area contributed by atoms with Crippen LogP contribution in [0.15, 0.2) is 190 Å². The molecule has 1 unspecified atom stereocenters. The van der Waals surface area contributed by atoms with Crippen LogP contribution in [-0.2, 0) is 24.7 Å². The summed E-state index contributed by atoms with van der Waals surface area (Å²) in [4.78, 5) is 62.2. The van der Waals surface area contributed by atoms with Crippen LogP contribution in [0.3, 0.4) is 0 Å². The Bertz CT molecular complexity index is 5480. The molecule has 12 rings (SSSR count). The minimum absolute atomic E-state index is 0.00938. The Kier molecular flexibility index (Phi) is 28.2. The second kappa shape index (κ2) is 36.9. The molecule has 4 aromatic heterocycles. The summed E-state index contributed by atoms with van der Waals surface area (Å²) in [5.41, 5.74) is 1.59. The first-order valence-electron chi connectivity index (χ1n) is 33.5. The van der Waals surface area contributed by atoms with Crippen LogP contribution in [-0.4, -0.2) is 43.2 Å². The van der Waals surface area contributed by atoms with Gasteiger partial charge in [-0.3, -0.25) is 19.2 Å². The van der Waals surface area contributed by atoms with E-state index in [1.807, 2.05) is 0 Å². The molecule has 0 radical (unpaired) electrons. The van der Waals surface area contributed by atoms with Gasteiger partial charge in [-0.2, -0.15) is 52.7 Å². The maximum absolute atomic E-state index is 14.4. The van der Waals surface area contributed by atoms with Gasteiger partial charge in [-0.1, -0.05) is 54.6 Å². The van der Waals surface area contributed by atoms with Gasteiger partial charge in [-0.25, -0.2) is 50.7 Å². The molecule has 39 heteroatoms. The molecule has 0 bridgehead atoms. The minimum Gasteiger partial charge on any atom is -0.478 e. The van der Waals surface area contributed by atoms with Crippen molar-refractivity contribution in [3.63, 3.8) is 0 Å². The van der Waals surface area contributed by atoms with Gasteiger partial charge in [-0.05, 0) is 193 Å². The fourth-order valence-corrected chi connectivity index (χ4v) is 11.9. The van der Waals surface area contributed by atoms with E-state index in [0.717, 1.165) is 106 Å². The van der Waals surface area contributed by atoms with Gasteiger partial charge >= 0.3 is 24.7 Å². The topological polar surface area (TPSA) is 235 Å². The molecule has 620 valence electrons. The summed E-state index contributed by atoms with van der Waals surface area (Å²) in [5.74, 6) is -11.8. The molecule has 2 N–H and O–H groups in total. The molecule has 0 aliphatic rings. The summed E-state index contributed by atoms with van der Waals surface area (Å²) in [6.45, 7) is 9.05. The van der Waals surface area contributed by atoms with Crippen LogP contribution >= 0.6 is 47.8 Å². The van der Waals surface area contributed by atoms with Gasteiger partial charge in [0, 0.05) is 22.3 Å². The predicted molar refractivity (Wildman–Crippen MR) is 391 cm³/mol. The van der Waals surface area contributed by atoms with Gasteiger partial charge in [0.05, 0.1) is 44.5 Å². The van der Waals surface area contributed by atoms with Crippen LogP contribution in [0.1, 0.15) is 160 Å². The first kappa shape index (κ1) is 90.3. The SMILES string of the molecule is CC(=O)c1c(F)ccc(OC(C)c2nc(Br)c(-c3ccc(C(F)(F)F)cc3)o2)c1F.CC(=O)c1c(F)ccc(O[C@H](C)c2nc(-c3ccc(C(F)(F)F)cc3)c(Br)o2)c1F.CC(=O)c1c(F)ccc(O[C@H](C)c2nc(-c3ccc(C(F)(F)F)cc3)co2)c1F.C[C@@H](Oc1cccc(C(N)=O)c1F)c1nc(-c2ccc(C(F)(F)F)cc2)c(Br)o1. The number of oxazole rings is 4. The summed E-state index contributed by atoms with van der Waals surface area (Å²) in [6.07, 6.45) is -20.3. The van der Waals surface area contributed by atoms with E-state index < -0.39 is 152 Å². The molecule has 118 heavy (non-hydrogen) atoms. The summed E-state index contributed by atoms with van der Waals surface area (Å²) < 4.78 is 295. The molecular weight excluding hydrogens is 1810 g/mol. The van der Waals surface area contributed by atoms with Gasteiger partial charge in [0.1, 0.15) is 40.8 Å². The van der Waals surface area contributed by atoms with Crippen LogP contribution in [0.25, 0.3) is 45.1 Å². The number of amides is 1. The number of Topliss-reactive ketones (excluding diaryl/α,β-unsaturated/α-hetero) is 3. The number of carbonyl (C=O) groups excluding carboxylic acids is 4. The molecule has 4 heterocycles. The van der Waals surface area contributed by atoms with Crippen molar-refractivity contribution in [3.8, 4) is 68.1 Å². The molecule has 0 aliphatic carbocycles. The largest absolute Gasteiger partial charge is 0.478 e. The lowest BCUT2D eigenvalue weighted by Gasteiger charge is -2.13. The van der Waals surface area contributed by atoms with E-state index in [1.54, 1.807) is 0 Å². The maximum atomic E-state index is 14.4. The predicted octanol–water partition coefficient (Wildman–Crippen LogP) is 25.0. The highest BCUT2D eigenvalue weighted by atomic mass is 79.9. The second-order valence-electron chi connectivity index (χ2n) is 24.8. The zero-order chi connectivity index (χ0) is 87.1. The van der Waals surface area contributed by atoms with Crippen molar-refractivity contribution < 1.29 is 139 Å². The zero-order valence-electron chi connectivity index (χ0n) is 60.9. The second-order valence-corrected chi connectivity index (χ2v) is 27.0. The van der Waals surface area contributed by atoms with Crippen molar-refractivity contribution in [2.24, 2.45) is 5.73 Å². The third-order valence-corrected chi connectivity index (χ3v) is 18.0. The monoisotopic (exact) mass is 1860 g/mol. The van der Waals surface area contributed by atoms with Crippen LogP contribution in [0, 0.1) is 40.7 Å². The summed E-state index contributed by atoms with van der Waals surface area (Å²) in [7, 11) is 0. The first-order chi connectivity index (χ1) is 55.1. The van der Waals surface area contributed by atoms with Gasteiger partial charge < -0.3 is 42.3 Å². The molecule has 0 spiro atoms. The lowest BCUT2D eigenvalue weighted by atomic mass is 10.1. The number of rotatable bonds is 20. The summed E-state index contributed by atoms with van der Waals surface area (Å²) in [6, 6.07) is 27.0. The third-order valence-electron chi connectivity index (χ3n) is 16.3. The number of nitrogens with two attached hydrogens (primary N) is 1. The Balaban J connectivity index is 0.000000179. The smallest absolute Gasteiger partial charge is 0.416 e. The number of benzene rings is 8. The lowest BCUT2D eigenvalue weighted by Crippen LogP contribution is -2.14. The van der Waals surface area contributed by atoms with E-state index in [1.165, 1.54) is 101 Å². The number of carbonyl (C=O) groups is 4. The molecule has 4 atom stereocenters. The van der Waals surface area contributed by atoms with E-state index in [9.17, 15) is 103 Å². The highest BCUT2D eigenvalue weighted by Gasteiger charge is 2.36. The summed E-state index contributed by atoms with van der Waals surface area (Å²) >= 11 is 9.48. The molecule has 1 amide bonds. The highest BCUT2D eigenvalue weighted by Crippen LogP contribution is 2.42. The van der Waals surface area contributed by atoms with Crippen LogP contribution in [0.5, 0.6) is 23.0 Å². The van der Waals surface area contributed by atoms with E-state index in [-0.39, 0.29) is 88.9 Å². The normalized spacial score (nSPS) is 12.7. The van der Waals surface area contributed by atoms with E-state index in [4.69, 9.17) is 42.3 Å². The number of ketones is 3. The van der Waals surface area contributed by atoms with Crippen LogP contribution in [0.4, 0.5) is 83.4 Å². The van der Waals surface area contributed by atoms with E-state index >= 15 is 0 Å². The molecule has 0 fully saturated rings. The van der Waals surface area contributed by atoms with Crippen LogP contribution in [0.2, 0.25) is 0 Å². The average molecular weight is 1860 g/mol. The number of ether oxygens (including phenoxy) is 4. The fourth-order valence-electron chi connectivity index (χ4n) is 10.5. The molecular formula is C79H53Br3F19N5O12. The molecule has 8 aromatic carbocycles. The Morgan fingerprint density at radius 1 is 0.373 bits per heavy atom. The first-order valence-corrected chi connectivity index (χ1v) is 35.9. The number of hydrogen-bond acceptors (Lipinski definition) is 16. The molecule has 0 aliphatic heterocycles. The van der Waals surface area contributed by atoms with Gasteiger partial charge in [0.2, 0.25) is 23.6 Å². The zero-order valence-corrected chi connectivity index (χ0v) is 65.7. The highest BCUT2D eigenvalue weighted by molar-refractivity contribution is 9.11. The minimum atomic E-state index is -4.47. The number of primary amides is 1. The van der Waals surface area contributed by atoms with Crippen LogP contribution < -0.4 is 24.7 Å². The number of alkyl halides is 12. The average Bonchev–Trinajstić information content (AvgIpc) is 1.56. The quantitative estimate of drug-likeness (QED) is 0.0551. The van der Waals surface area contributed by atoms with Crippen molar-refractivity contribution in [1.82, 2.24) is 19.9 Å². The fraction of sp³-hybridized carbons (Fsp3) is 0.190. The van der Waals surface area contributed by atoms with Crippen molar-refractivity contribution in [3.05, 3.63) is 281 Å². The van der Waals surface area contributed by atoms with Crippen molar-refractivity contribution >= 4 is 71.0 Å². The summed E-state index contributed by atoms with van der Waals surface area (Å²) in [5, 5.41) is 0. The number of nitrogens with zero attached hydrogens (tertiary/aromatic N) is 4. The Hall–Kier alpha value is -11.6. The Morgan fingerprint density at radius 3 is 1.00 bits per heavy atom. The van der Waals surface area contributed by atoms with Crippen molar-refractivity contribution in [2.75, 3.05) is 0 Å². The third kappa shape index (κ3) is 21.8. The van der Waals surface area contributed by atoms with Crippen molar-refractivity contribution in [2.45, 2.75) is 97.6 Å². The lowest BCUT2D eigenvalue weighted by molar-refractivity contribution is -0.138. The van der Waals surface area contributed by atoms with E-state index in [0.29, 0.717) is 22.3 Å². The van der Waals surface area contributed by atoms with Gasteiger partial charge in [0.15, 0.2) is 108 Å². The Morgan fingerprint density at radius 2 is 0.678 bits per heavy atom. The van der Waals surface area contributed by atoms with Gasteiger partial charge in [0.25, 0.3) is 5.91 Å². The van der Waals surface area contributed by atoms with E-state index in [2.05, 4.69) is 67.7 Å². The molecule has 0 saturated heterocycles.